The first-order valence-corrected chi connectivity index (χ1v) is 7.02. The van der Waals surface area contributed by atoms with Crippen LogP contribution in [0.5, 0.6) is 0 Å². The average Bonchev–Trinajstić information content (AvgIpc) is 2.30. The van der Waals surface area contributed by atoms with Crippen LogP contribution in [0.4, 0.5) is 0 Å². The van der Waals surface area contributed by atoms with Crippen molar-refractivity contribution in [3.05, 3.63) is 35.4 Å². The molecule has 1 aromatic rings. The maximum atomic E-state index is 2.65. The van der Waals surface area contributed by atoms with Crippen LogP contribution in [0.15, 0.2) is 24.3 Å². The van der Waals surface area contributed by atoms with Gasteiger partial charge in [0.2, 0.25) is 0 Å². The molecular weight excluding hydrogens is 206 g/mol. The van der Waals surface area contributed by atoms with Gasteiger partial charge in [-0.3, -0.25) is 0 Å². The fourth-order valence-corrected chi connectivity index (χ4v) is 3.73. The second-order valence-corrected chi connectivity index (χ2v) is 5.98. The Hall–Kier alpha value is -0.820. The van der Waals surface area contributed by atoms with Gasteiger partial charge in [0.1, 0.15) is 0 Å². The van der Waals surface area contributed by atoms with Crippen LogP contribution in [0.1, 0.15) is 49.1 Å². The van der Waals surface area contributed by atoms with E-state index in [4.69, 9.17) is 0 Å². The molecule has 0 amide bonds. The topological polar surface area (TPSA) is 3.24 Å². The minimum absolute atomic E-state index is 0.807. The van der Waals surface area contributed by atoms with Crippen molar-refractivity contribution in [3.8, 4) is 0 Å². The third-order valence-corrected chi connectivity index (χ3v) is 4.89. The van der Waals surface area contributed by atoms with E-state index in [-0.39, 0.29) is 0 Å². The molecule has 0 N–H and O–H groups in total. The molecule has 92 valence electrons. The smallest absolute Gasteiger partial charge is 0.0101 e. The number of benzene rings is 1. The minimum Gasteiger partial charge on any atom is -0.300 e. The van der Waals surface area contributed by atoms with Gasteiger partial charge in [0.15, 0.2) is 0 Å². The summed E-state index contributed by atoms with van der Waals surface area (Å²) < 4.78 is 0. The van der Waals surface area contributed by atoms with Crippen LogP contribution in [0.3, 0.4) is 0 Å². The number of hydrogen-bond donors (Lipinski definition) is 0. The number of fused-ring (bicyclic) bond motifs is 2. The van der Waals surface area contributed by atoms with E-state index in [0.29, 0.717) is 0 Å². The molecule has 0 spiro atoms. The molecule has 2 heterocycles. The Morgan fingerprint density at radius 3 is 2.18 bits per heavy atom. The lowest BCUT2D eigenvalue weighted by atomic mass is 9.76. The van der Waals surface area contributed by atoms with Gasteiger partial charge in [0.05, 0.1) is 0 Å². The highest BCUT2D eigenvalue weighted by atomic mass is 15.2. The second-order valence-electron chi connectivity index (χ2n) is 5.98. The van der Waals surface area contributed by atoms with Crippen LogP contribution < -0.4 is 0 Å². The molecule has 2 saturated heterocycles. The Labute approximate surface area is 105 Å². The Morgan fingerprint density at radius 1 is 1.00 bits per heavy atom. The molecule has 0 radical (unpaired) electrons. The van der Waals surface area contributed by atoms with E-state index < -0.39 is 0 Å². The Bertz CT molecular complexity index is 367. The monoisotopic (exact) mass is 229 g/mol. The van der Waals surface area contributed by atoms with Crippen LogP contribution >= 0.6 is 0 Å². The van der Waals surface area contributed by atoms with Gasteiger partial charge in [-0.25, -0.2) is 0 Å². The molecule has 0 aromatic heterocycles. The fraction of sp³-hybridized carbons (Fsp3) is 0.625. The highest BCUT2D eigenvalue weighted by molar-refractivity contribution is 5.25. The molecule has 1 unspecified atom stereocenters. The molecule has 3 rings (SSSR count). The Morgan fingerprint density at radius 2 is 1.59 bits per heavy atom. The molecule has 3 atom stereocenters. The average molecular weight is 229 g/mol. The molecule has 2 bridgehead atoms. The molecule has 2 aliphatic heterocycles. The zero-order valence-corrected chi connectivity index (χ0v) is 11.0. The molecular formula is C16H23N. The summed E-state index contributed by atoms with van der Waals surface area (Å²) in [7, 11) is 2.33. The number of rotatable bonds is 1. The molecule has 1 nitrogen and oxygen atoms in total. The van der Waals surface area contributed by atoms with Crippen LogP contribution in [0.2, 0.25) is 0 Å². The molecule has 0 aliphatic carbocycles. The predicted molar refractivity (Wildman–Crippen MR) is 72.3 cm³/mol. The quantitative estimate of drug-likeness (QED) is 0.709. The Kier molecular flexibility index (Phi) is 2.96. The maximum Gasteiger partial charge on any atom is 0.0101 e. The van der Waals surface area contributed by atoms with E-state index in [0.717, 1.165) is 18.0 Å². The van der Waals surface area contributed by atoms with E-state index >= 15 is 0 Å². The van der Waals surface area contributed by atoms with E-state index in [1.807, 2.05) is 0 Å². The van der Waals surface area contributed by atoms with E-state index in [9.17, 15) is 0 Å². The van der Waals surface area contributed by atoms with Gasteiger partial charge in [-0.05, 0) is 51.1 Å². The molecule has 1 aromatic carbocycles. The third-order valence-electron chi connectivity index (χ3n) is 4.89. The van der Waals surface area contributed by atoms with Crippen molar-refractivity contribution < 1.29 is 0 Å². The lowest BCUT2D eigenvalue weighted by Gasteiger charge is -2.47. The predicted octanol–water partition coefficient (Wildman–Crippen LogP) is 3.73. The number of nitrogens with zero attached hydrogens (tertiary/aromatic N) is 1. The highest BCUT2D eigenvalue weighted by Gasteiger charge is 2.36. The van der Waals surface area contributed by atoms with E-state index in [1.165, 1.54) is 37.7 Å². The summed E-state index contributed by atoms with van der Waals surface area (Å²) in [5, 5.41) is 0. The van der Waals surface area contributed by atoms with Crippen molar-refractivity contribution in [1.29, 1.82) is 0 Å². The summed E-state index contributed by atoms with van der Waals surface area (Å²) >= 11 is 0. The van der Waals surface area contributed by atoms with Crippen LogP contribution in [0, 0.1) is 6.92 Å². The van der Waals surface area contributed by atoms with Crippen molar-refractivity contribution >= 4 is 0 Å². The van der Waals surface area contributed by atoms with Crippen molar-refractivity contribution in [1.82, 2.24) is 4.90 Å². The summed E-state index contributed by atoms with van der Waals surface area (Å²) in [6.07, 6.45) is 7.01. The molecule has 17 heavy (non-hydrogen) atoms. The Balaban J connectivity index is 1.79. The first-order valence-electron chi connectivity index (χ1n) is 7.02. The van der Waals surface area contributed by atoms with Gasteiger partial charge in [0, 0.05) is 12.1 Å². The summed E-state index contributed by atoms with van der Waals surface area (Å²) in [5.41, 5.74) is 2.95. The SMILES string of the molecule is Cc1ccc(C2C[C@H]3CCC[C@@H](C2)N3C)cc1. The lowest BCUT2D eigenvalue weighted by molar-refractivity contribution is 0.0555. The van der Waals surface area contributed by atoms with Crippen molar-refractivity contribution in [2.45, 2.75) is 57.0 Å². The van der Waals surface area contributed by atoms with Crippen molar-refractivity contribution in [3.63, 3.8) is 0 Å². The van der Waals surface area contributed by atoms with Gasteiger partial charge in [-0.2, -0.15) is 0 Å². The normalized spacial score (nSPS) is 33.6. The zero-order valence-electron chi connectivity index (χ0n) is 11.0. The largest absolute Gasteiger partial charge is 0.300 e. The summed E-state index contributed by atoms with van der Waals surface area (Å²) in [6.45, 7) is 2.17. The summed E-state index contributed by atoms with van der Waals surface area (Å²) in [5.74, 6) is 0.807. The van der Waals surface area contributed by atoms with Crippen LogP contribution in [0.25, 0.3) is 0 Å². The zero-order chi connectivity index (χ0) is 11.8. The number of aryl methyl sites for hydroxylation is 1. The molecule has 1 heteroatoms. The molecule has 0 saturated carbocycles. The van der Waals surface area contributed by atoms with Gasteiger partial charge < -0.3 is 4.90 Å². The molecule has 2 fully saturated rings. The standard InChI is InChI=1S/C16H23N/c1-12-6-8-13(9-7-12)14-10-15-4-3-5-16(11-14)17(15)2/h6-9,14-16H,3-5,10-11H2,1-2H3/t14?,15-,16+. The van der Waals surface area contributed by atoms with Crippen molar-refractivity contribution in [2.24, 2.45) is 0 Å². The molecule has 2 aliphatic rings. The van der Waals surface area contributed by atoms with Gasteiger partial charge >= 0.3 is 0 Å². The fourth-order valence-electron chi connectivity index (χ4n) is 3.73. The van der Waals surface area contributed by atoms with E-state index in [1.54, 1.807) is 5.56 Å². The highest BCUT2D eigenvalue weighted by Crippen LogP contribution is 2.40. The van der Waals surface area contributed by atoms with E-state index in [2.05, 4.69) is 43.1 Å². The first kappa shape index (κ1) is 11.3. The van der Waals surface area contributed by atoms with Crippen molar-refractivity contribution in [2.75, 3.05) is 7.05 Å². The minimum atomic E-state index is 0.807. The van der Waals surface area contributed by atoms with Gasteiger partial charge in [0.25, 0.3) is 0 Å². The van der Waals surface area contributed by atoms with Crippen LogP contribution in [-0.4, -0.2) is 24.0 Å². The second kappa shape index (κ2) is 4.45. The number of piperidine rings is 2. The first-order chi connectivity index (χ1) is 8.24. The van der Waals surface area contributed by atoms with Gasteiger partial charge in [-0.1, -0.05) is 36.2 Å². The number of hydrogen-bond acceptors (Lipinski definition) is 1. The van der Waals surface area contributed by atoms with Gasteiger partial charge in [-0.15, -0.1) is 0 Å². The summed E-state index contributed by atoms with van der Waals surface area (Å²) in [4.78, 5) is 2.65. The summed E-state index contributed by atoms with van der Waals surface area (Å²) in [6, 6.07) is 10.9. The maximum absolute atomic E-state index is 2.65. The third kappa shape index (κ3) is 2.13. The lowest BCUT2D eigenvalue weighted by Crippen LogP contribution is -2.49. The van der Waals surface area contributed by atoms with Crippen LogP contribution in [-0.2, 0) is 0 Å².